The van der Waals surface area contributed by atoms with E-state index in [1.807, 2.05) is 18.4 Å². The Morgan fingerprint density at radius 1 is 1.38 bits per heavy atom. The maximum absolute atomic E-state index is 13.4. The maximum atomic E-state index is 13.4. The fourth-order valence-electron chi connectivity index (χ4n) is 2.40. The lowest BCUT2D eigenvalue weighted by atomic mass is 10.1. The fraction of sp³-hybridized carbons (Fsp3) is 0.375. The minimum Gasteiger partial charge on any atom is -0.377 e. The summed E-state index contributed by atoms with van der Waals surface area (Å²) in [7, 11) is 0. The zero-order valence-corrected chi connectivity index (χ0v) is 18.2. The van der Waals surface area contributed by atoms with Crippen molar-refractivity contribution >= 4 is 75.0 Å². The third kappa shape index (κ3) is 5.18. The highest BCUT2D eigenvalue weighted by atomic mass is 35.5. The number of thiazole rings is 1. The molecule has 0 radical (unpaired) electrons. The first kappa shape index (κ1) is 23.3. The topological polar surface area (TPSA) is 63.8 Å². The summed E-state index contributed by atoms with van der Waals surface area (Å²) in [4.78, 5) is 9.76. The Morgan fingerprint density at radius 3 is 2.73 bits per heavy atom. The van der Waals surface area contributed by atoms with Crippen molar-refractivity contribution in [2.45, 2.75) is 39.0 Å². The Balaban J connectivity index is 0.00000169. The number of thiophene rings is 1. The number of nitrogens with zero attached hydrogens (tertiary/aromatic N) is 2. The molecule has 3 aromatic heterocycles. The van der Waals surface area contributed by atoms with Crippen molar-refractivity contribution in [3.05, 3.63) is 38.2 Å². The van der Waals surface area contributed by atoms with Crippen LogP contribution < -0.4 is 11.1 Å². The van der Waals surface area contributed by atoms with E-state index in [1.54, 1.807) is 28.9 Å². The van der Waals surface area contributed by atoms with Gasteiger partial charge >= 0.3 is 0 Å². The Bertz CT molecular complexity index is 840. The van der Waals surface area contributed by atoms with Crippen LogP contribution in [0.15, 0.2) is 17.6 Å². The van der Waals surface area contributed by atoms with E-state index in [-0.39, 0.29) is 24.8 Å². The molecule has 3 aromatic rings. The van der Waals surface area contributed by atoms with Crippen molar-refractivity contribution in [1.82, 2.24) is 9.97 Å². The number of nitrogens with one attached hydrogen (secondary N) is 1. The summed E-state index contributed by atoms with van der Waals surface area (Å²) < 4.78 is 14.4. The van der Waals surface area contributed by atoms with Crippen LogP contribution >= 0.6 is 59.1 Å². The monoisotopic (exact) mass is 456 g/mol. The van der Waals surface area contributed by atoms with E-state index in [9.17, 15) is 4.39 Å². The van der Waals surface area contributed by atoms with Crippen molar-refractivity contribution in [1.29, 1.82) is 0 Å². The largest absolute Gasteiger partial charge is 0.377 e. The summed E-state index contributed by atoms with van der Waals surface area (Å²) in [6, 6.07) is 1.30. The Hall–Kier alpha value is -0.700. The molecule has 4 nitrogen and oxygen atoms in total. The van der Waals surface area contributed by atoms with Crippen molar-refractivity contribution in [3.63, 3.8) is 0 Å². The number of alkyl halides is 1. The van der Waals surface area contributed by atoms with Gasteiger partial charge in [0.1, 0.15) is 16.3 Å². The number of nitrogens with two attached hydrogens (primary N) is 1. The molecule has 0 bridgehead atoms. The van der Waals surface area contributed by atoms with Gasteiger partial charge in [0.05, 0.1) is 22.4 Å². The van der Waals surface area contributed by atoms with Gasteiger partial charge in [-0.15, -0.1) is 47.5 Å². The molecule has 3 rings (SSSR count). The smallest absolute Gasteiger partial charge is 0.131 e. The SMILES string of the molecule is Cc1c(C[C@@H](N)[C@H](C)F)sc2c(NCc3nccs3)cc(Cl)nc12.Cl.Cl. The highest BCUT2D eigenvalue weighted by Gasteiger charge is 2.19. The number of hydrogen-bond acceptors (Lipinski definition) is 6. The second-order valence-corrected chi connectivity index (χ2v) is 8.12. The van der Waals surface area contributed by atoms with Crippen LogP contribution in [0.2, 0.25) is 5.15 Å². The number of halogens is 4. The van der Waals surface area contributed by atoms with E-state index in [1.165, 1.54) is 6.92 Å². The van der Waals surface area contributed by atoms with Crippen LogP contribution in [0.25, 0.3) is 10.2 Å². The van der Waals surface area contributed by atoms with Gasteiger partial charge in [-0.25, -0.2) is 14.4 Å². The zero-order chi connectivity index (χ0) is 17.3. The number of pyridine rings is 1. The van der Waals surface area contributed by atoms with Crippen LogP contribution in [0, 0.1) is 6.92 Å². The lowest BCUT2D eigenvalue weighted by Gasteiger charge is -2.11. The Kier molecular flexibility index (Phi) is 8.99. The van der Waals surface area contributed by atoms with Crippen molar-refractivity contribution in [2.75, 3.05) is 5.32 Å². The quantitative estimate of drug-likeness (QED) is 0.487. The van der Waals surface area contributed by atoms with Gasteiger partial charge in [0.15, 0.2) is 0 Å². The normalized spacial score (nSPS) is 13.0. The molecule has 3 heterocycles. The lowest BCUT2D eigenvalue weighted by Crippen LogP contribution is -2.31. The first-order valence-electron chi connectivity index (χ1n) is 7.56. The van der Waals surface area contributed by atoms with Crippen LogP contribution in [-0.2, 0) is 13.0 Å². The average molecular weight is 458 g/mol. The molecule has 10 heteroatoms. The summed E-state index contributed by atoms with van der Waals surface area (Å²) in [6.07, 6.45) is 1.23. The molecule has 2 atom stereocenters. The molecule has 0 unspecified atom stereocenters. The van der Waals surface area contributed by atoms with Gasteiger partial charge < -0.3 is 11.1 Å². The van der Waals surface area contributed by atoms with Crippen molar-refractivity contribution in [2.24, 2.45) is 5.73 Å². The molecule has 144 valence electrons. The molecular formula is C16H20Cl3FN4S2. The van der Waals surface area contributed by atoms with E-state index >= 15 is 0 Å². The number of aromatic nitrogens is 2. The minimum atomic E-state index is -1.05. The second kappa shape index (κ2) is 10.0. The first-order valence-corrected chi connectivity index (χ1v) is 9.63. The third-order valence-corrected chi connectivity index (χ3v) is 6.17. The van der Waals surface area contributed by atoms with E-state index in [4.69, 9.17) is 17.3 Å². The van der Waals surface area contributed by atoms with Crippen molar-refractivity contribution < 1.29 is 4.39 Å². The molecule has 0 saturated carbocycles. The molecule has 0 aromatic carbocycles. The predicted molar refractivity (Wildman–Crippen MR) is 116 cm³/mol. The highest BCUT2D eigenvalue weighted by Crippen LogP contribution is 2.37. The number of fused-ring (bicyclic) bond motifs is 1. The molecule has 26 heavy (non-hydrogen) atoms. The molecule has 0 aliphatic rings. The molecular weight excluding hydrogens is 438 g/mol. The van der Waals surface area contributed by atoms with Gasteiger partial charge in [0.2, 0.25) is 0 Å². The summed E-state index contributed by atoms with van der Waals surface area (Å²) >= 11 is 9.37. The average Bonchev–Trinajstić information content (AvgIpc) is 3.15. The van der Waals surface area contributed by atoms with Crippen LogP contribution in [0.5, 0.6) is 0 Å². The molecule has 3 N–H and O–H groups in total. The van der Waals surface area contributed by atoms with E-state index in [0.29, 0.717) is 18.1 Å². The maximum Gasteiger partial charge on any atom is 0.131 e. The van der Waals surface area contributed by atoms with Crippen LogP contribution in [0.3, 0.4) is 0 Å². The molecule has 0 spiro atoms. The lowest BCUT2D eigenvalue weighted by molar-refractivity contribution is 0.305. The van der Waals surface area contributed by atoms with Gasteiger partial charge in [-0.1, -0.05) is 11.6 Å². The molecule has 0 fully saturated rings. The number of rotatable bonds is 6. The standard InChI is InChI=1S/C16H18ClFN4S2.2ClH/c1-8-12(5-10(19)9(2)18)24-16-11(6-13(17)22-15(8)16)21-7-14-20-3-4-23-14;;/h3-4,6,9-10H,5,7,19H2,1-2H3,(H,21,22);2*1H/t9-,10+;;/m0../s1. The van der Waals surface area contributed by atoms with Gasteiger partial charge in [-0.05, 0) is 19.4 Å². The summed E-state index contributed by atoms with van der Waals surface area (Å²) in [5.74, 6) is 0. The number of aryl methyl sites for hydroxylation is 1. The molecule has 0 amide bonds. The summed E-state index contributed by atoms with van der Waals surface area (Å²) in [5, 5.41) is 6.75. The van der Waals surface area contributed by atoms with Crippen LogP contribution in [0.4, 0.5) is 10.1 Å². The van der Waals surface area contributed by atoms with Gasteiger partial charge in [-0.3, -0.25) is 0 Å². The van der Waals surface area contributed by atoms with Gasteiger partial charge in [-0.2, -0.15) is 0 Å². The van der Waals surface area contributed by atoms with Gasteiger partial charge in [0.25, 0.3) is 0 Å². The Morgan fingerprint density at radius 2 is 2.12 bits per heavy atom. The molecule has 0 aliphatic heterocycles. The fourth-order valence-corrected chi connectivity index (χ4v) is 4.46. The van der Waals surface area contributed by atoms with E-state index < -0.39 is 12.2 Å². The molecule has 0 saturated heterocycles. The zero-order valence-electron chi connectivity index (χ0n) is 14.2. The minimum absolute atomic E-state index is 0. The molecule has 0 aliphatic carbocycles. The van der Waals surface area contributed by atoms with Crippen LogP contribution in [-0.4, -0.2) is 22.2 Å². The van der Waals surface area contributed by atoms with Crippen LogP contribution in [0.1, 0.15) is 22.4 Å². The van der Waals surface area contributed by atoms with E-state index in [2.05, 4.69) is 15.3 Å². The van der Waals surface area contributed by atoms with Gasteiger partial charge in [0, 0.05) is 35.0 Å². The number of hydrogen-bond donors (Lipinski definition) is 2. The number of anilines is 1. The third-order valence-electron chi connectivity index (χ3n) is 3.87. The van der Waals surface area contributed by atoms with Crippen molar-refractivity contribution in [3.8, 4) is 0 Å². The second-order valence-electron chi connectivity index (χ2n) is 5.65. The highest BCUT2D eigenvalue weighted by molar-refractivity contribution is 7.19. The van der Waals surface area contributed by atoms with E-state index in [0.717, 1.165) is 31.4 Å². The first-order chi connectivity index (χ1) is 11.5. The summed E-state index contributed by atoms with van der Waals surface area (Å²) in [5.41, 5.74) is 8.68. The predicted octanol–water partition coefficient (Wildman–Crippen LogP) is 5.40. The summed E-state index contributed by atoms with van der Waals surface area (Å²) in [6.45, 7) is 4.10. The Labute approximate surface area is 177 Å².